The quantitative estimate of drug-likeness (QED) is 0.773. The number of carbonyl (C=O) groups excluding carboxylic acids is 1. The van der Waals surface area contributed by atoms with Crippen molar-refractivity contribution in [2.45, 2.75) is 13.3 Å². The van der Waals surface area contributed by atoms with Crippen molar-refractivity contribution >= 4 is 23.4 Å². The molecular weight excluding hydrogens is 204 g/mol. The van der Waals surface area contributed by atoms with Crippen molar-refractivity contribution in [3.05, 3.63) is 22.8 Å². The molecule has 0 aliphatic rings. The van der Waals surface area contributed by atoms with Crippen molar-refractivity contribution in [1.29, 1.82) is 0 Å². The summed E-state index contributed by atoms with van der Waals surface area (Å²) in [6.07, 6.45) is 0.120. The first-order valence-electron chi connectivity index (χ1n) is 4.20. The minimum absolute atomic E-state index is 0.120. The number of aromatic nitrogens is 1. The van der Waals surface area contributed by atoms with Gasteiger partial charge >= 0.3 is 5.97 Å². The third-order valence-corrected chi connectivity index (χ3v) is 1.88. The number of esters is 1. The number of ether oxygens (including phenoxy) is 1. The van der Waals surface area contributed by atoms with E-state index in [0.29, 0.717) is 17.3 Å². The molecule has 0 aromatic carbocycles. The molecule has 0 saturated carbocycles. The highest BCUT2D eigenvalue weighted by atomic mass is 35.5. The number of nitrogens with two attached hydrogens (primary N) is 1. The van der Waals surface area contributed by atoms with E-state index in [4.69, 9.17) is 22.1 Å². The molecule has 0 unspecified atom stereocenters. The van der Waals surface area contributed by atoms with E-state index in [1.165, 1.54) is 0 Å². The lowest BCUT2D eigenvalue weighted by Crippen LogP contribution is -2.09. The second-order valence-corrected chi connectivity index (χ2v) is 3.06. The first-order chi connectivity index (χ1) is 6.63. The van der Waals surface area contributed by atoms with Crippen LogP contribution in [-0.2, 0) is 16.0 Å². The molecule has 0 saturated heterocycles. The van der Waals surface area contributed by atoms with Gasteiger partial charge in [0.2, 0.25) is 0 Å². The van der Waals surface area contributed by atoms with Crippen LogP contribution in [0.1, 0.15) is 12.6 Å². The third kappa shape index (κ3) is 2.88. The molecule has 1 heterocycles. The van der Waals surface area contributed by atoms with E-state index in [-0.39, 0.29) is 18.2 Å². The molecule has 0 amide bonds. The third-order valence-electron chi connectivity index (χ3n) is 1.56. The molecular formula is C9H11ClN2O2. The average Bonchev–Trinajstić information content (AvgIpc) is 2.12. The number of pyridine rings is 1. The van der Waals surface area contributed by atoms with Crippen LogP contribution < -0.4 is 5.73 Å². The Kier molecular flexibility index (Phi) is 3.71. The summed E-state index contributed by atoms with van der Waals surface area (Å²) < 4.78 is 4.76. The number of nitrogen functional groups attached to an aromatic ring is 1. The summed E-state index contributed by atoms with van der Waals surface area (Å²) in [5.74, 6) is -0.0878. The van der Waals surface area contributed by atoms with Gasteiger partial charge in [-0.2, -0.15) is 0 Å². The van der Waals surface area contributed by atoms with Gasteiger partial charge in [0.25, 0.3) is 0 Å². The van der Waals surface area contributed by atoms with E-state index in [1.807, 2.05) is 0 Å². The van der Waals surface area contributed by atoms with E-state index in [0.717, 1.165) is 0 Å². The minimum atomic E-state index is -0.318. The van der Waals surface area contributed by atoms with Gasteiger partial charge in [-0.15, -0.1) is 0 Å². The van der Waals surface area contributed by atoms with Crippen LogP contribution in [0.15, 0.2) is 12.1 Å². The first kappa shape index (κ1) is 10.8. The maximum absolute atomic E-state index is 11.1. The topological polar surface area (TPSA) is 65.2 Å². The Labute approximate surface area is 87.0 Å². The second kappa shape index (κ2) is 4.81. The number of hydrogen-bond acceptors (Lipinski definition) is 4. The lowest BCUT2D eigenvalue weighted by molar-refractivity contribution is -0.142. The van der Waals surface area contributed by atoms with Gasteiger partial charge in [0.1, 0.15) is 5.82 Å². The van der Waals surface area contributed by atoms with Gasteiger partial charge in [-0.3, -0.25) is 4.79 Å². The zero-order chi connectivity index (χ0) is 10.6. The van der Waals surface area contributed by atoms with Crippen LogP contribution in [0.3, 0.4) is 0 Å². The molecule has 0 atom stereocenters. The van der Waals surface area contributed by atoms with Crippen molar-refractivity contribution in [1.82, 2.24) is 4.98 Å². The summed E-state index contributed by atoms with van der Waals surface area (Å²) in [4.78, 5) is 15.0. The summed E-state index contributed by atoms with van der Waals surface area (Å²) in [6, 6.07) is 3.26. The van der Waals surface area contributed by atoms with Gasteiger partial charge in [-0.25, -0.2) is 4.98 Å². The van der Waals surface area contributed by atoms with E-state index in [9.17, 15) is 4.79 Å². The van der Waals surface area contributed by atoms with Crippen molar-refractivity contribution in [2.24, 2.45) is 0 Å². The maximum Gasteiger partial charge on any atom is 0.311 e. The number of anilines is 1. The molecule has 5 heteroatoms. The SMILES string of the molecule is CCOC(=O)Cc1ccc(Cl)c(N)n1. The average molecular weight is 215 g/mol. The standard InChI is InChI=1S/C9H11ClN2O2/c1-2-14-8(13)5-6-3-4-7(10)9(11)12-6/h3-4H,2,5H2,1H3,(H2,11,12). The molecule has 1 rings (SSSR count). The molecule has 0 spiro atoms. The predicted octanol–water partition coefficient (Wildman–Crippen LogP) is 1.42. The van der Waals surface area contributed by atoms with Crippen molar-refractivity contribution in [3.63, 3.8) is 0 Å². The maximum atomic E-state index is 11.1. The Morgan fingerprint density at radius 1 is 1.64 bits per heavy atom. The molecule has 0 aliphatic heterocycles. The normalized spacial score (nSPS) is 9.86. The number of carbonyl (C=O) groups is 1. The van der Waals surface area contributed by atoms with Gasteiger partial charge in [0, 0.05) is 0 Å². The fourth-order valence-electron chi connectivity index (χ4n) is 0.958. The molecule has 0 aliphatic carbocycles. The van der Waals surface area contributed by atoms with Crippen molar-refractivity contribution < 1.29 is 9.53 Å². The van der Waals surface area contributed by atoms with E-state index >= 15 is 0 Å². The van der Waals surface area contributed by atoms with Crippen LogP contribution in [0, 0.1) is 0 Å². The van der Waals surface area contributed by atoms with E-state index in [1.54, 1.807) is 19.1 Å². The zero-order valence-electron chi connectivity index (χ0n) is 7.79. The summed E-state index contributed by atoms with van der Waals surface area (Å²) >= 11 is 5.67. The number of nitrogens with zero attached hydrogens (tertiary/aromatic N) is 1. The Morgan fingerprint density at radius 3 is 2.93 bits per heavy atom. The Balaban J connectivity index is 2.68. The predicted molar refractivity (Wildman–Crippen MR) is 54.0 cm³/mol. The minimum Gasteiger partial charge on any atom is -0.466 e. The van der Waals surface area contributed by atoms with E-state index in [2.05, 4.69) is 4.98 Å². The van der Waals surface area contributed by atoms with Gasteiger partial charge in [-0.05, 0) is 19.1 Å². The van der Waals surface area contributed by atoms with Gasteiger partial charge < -0.3 is 10.5 Å². The fourth-order valence-corrected chi connectivity index (χ4v) is 1.06. The highest BCUT2D eigenvalue weighted by Crippen LogP contribution is 2.15. The molecule has 1 aromatic heterocycles. The summed E-state index contributed by atoms with van der Waals surface area (Å²) in [5.41, 5.74) is 6.04. The number of halogens is 1. The second-order valence-electron chi connectivity index (χ2n) is 2.65. The Bertz CT molecular complexity index is 342. The number of hydrogen-bond donors (Lipinski definition) is 1. The molecule has 14 heavy (non-hydrogen) atoms. The molecule has 2 N–H and O–H groups in total. The van der Waals surface area contributed by atoms with Gasteiger partial charge in [0.05, 0.1) is 23.7 Å². The Hall–Kier alpha value is -1.29. The zero-order valence-corrected chi connectivity index (χ0v) is 8.54. The molecule has 0 radical (unpaired) electrons. The van der Waals surface area contributed by atoms with Crippen LogP contribution >= 0.6 is 11.6 Å². The van der Waals surface area contributed by atoms with Crippen LogP contribution in [0.25, 0.3) is 0 Å². The molecule has 76 valence electrons. The molecule has 4 nitrogen and oxygen atoms in total. The fraction of sp³-hybridized carbons (Fsp3) is 0.333. The van der Waals surface area contributed by atoms with Gasteiger partial charge in [-0.1, -0.05) is 11.6 Å². The molecule has 1 aromatic rings. The monoisotopic (exact) mass is 214 g/mol. The van der Waals surface area contributed by atoms with Crippen LogP contribution in [-0.4, -0.2) is 17.6 Å². The van der Waals surface area contributed by atoms with Crippen LogP contribution in [0.4, 0.5) is 5.82 Å². The van der Waals surface area contributed by atoms with Gasteiger partial charge in [0.15, 0.2) is 0 Å². The summed E-state index contributed by atoms with van der Waals surface area (Å²) in [5, 5.41) is 0.387. The lowest BCUT2D eigenvalue weighted by Gasteiger charge is -2.02. The largest absolute Gasteiger partial charge is 0.466 e. The summed E-state index contributed by atoms with van der Waals surface area (Å²) in [7, 11) is 0. The summed E-state index contributed by atoms with van der Waals surface area (Å²) in [6.45, 7) is 2.11. The van der Waals surface area contributed by atoms with Crippen molar-refractivity contribution in [3.8, 4) is 0 Å². The van der Waals surface area contributed by atoms with E-state index < -0.39 is 0 Å². The number of rotatable bonds is 3. The van der Waals surface area contributed by atoms with Crippen LogP contribution in [0.5, 0.6) is 0 Å². The lowest BCUT2D eigenvalue weighted by atomic mass is 10.3. The highest BCUT2D eigenvalue weighted by Gasteiger charge is 2.06. The van der Waals surface area contributed by atoms with Crippen LogP contribution in [0.2, 0.25) is 5.02 Å². The smallest absolute Gasteiger partial charge is 0.311 e. The molecule has 0 bridgehead atoms. The molecule has 0 fully saturated rings. The Morgan fingerprint density at radius 2 is 2.36 bits per heavy atom. The highest BCUT2D eigenvalue weighted by molar-refractivity contribution is 6.32. The first-order valence-corrected chi connectivity index (χ1v) is 4.57. The van der Waals surface area contributed by atoms with Crippen molar-refractivity contribution in [2.75, 3.05) is 12.3 Å².